The van der Waals surface area contributed by atoms with Crippen molar-refractivity contribution in [2.24, 2.45) is 0 Å². The molecule has 0 aromatic carbocycles. The van der Waals surface area contributed by atoms with Crippen LogP contribution in [0.25, 0.3) is 0 Å². The molecular formula is C9H14O3. The van der Waals surface area contributed by atoms with Crippen molar-refractivity contribution in [2.75, 3.05) is 13.2 Å². The van der Waals surface area contributed by atoms with Crippen molar-refractivity contribution < 1.29 is 14.2 Å². The molecule has 3 nitrogen and oxygen atoms in total. The van der Waals surface area contributed by atoms with Crippen molar-refractivity contribution in [3.63, 3.8) is 0 Å². The van der Waals surface area contributed by atoms with Gasteiger partial charge in [0.15, 0.2) is 5.79 Å². The minimum atomic E-state index is -0.344. The number of hydrogen-bond donors (Lipinski definition) is 0. The molecule has 0 N–H and O–H groups in total. The molecule has 3 aliphatic heterocycles. The molecule has 3 aliphatic rings. The van der Waals surface area contributed by atoms with E-state index in [0.29, 0.717) is 6.10 Å². The molecule has 3 atom stereocenters. The van der Waals surface area contributed by atoms with E-state index in [1.807, 2.05) is 6.92 Å². The molecule has 2 bridgehead atoms. The fourth-order valence-electron chi connectivity index (χ4n) is 2.72. The van der Waals surface area contributed by atoms with E-state index in [0.717, 1.165) is 32.5 Å². The molecule has 3 rings (SSSR count). The first-order valence-corrected chi connectivity index (χ1v) is 4.68. The second-order valence-corrected chi connectivity index (χ2v) is 4.21. The maximum Gasteiger partial charge on any atom is 0.168 e. The summed E-state index contributed by atoms with van der Waals surface area (Å²) < 4.78 is 17.2. The smallest absolute Gasteiger partial charge is 0.168 e. The molecular weight excluding hydrogens is 156 g/mol. The standard InChI is InChI=1S/C9H14O3/c1-8-6-7-9(12-8,2-4-10-7)3-5-11-8/h7H,2-6H2,1H3/t7-,8+,9+/m1/s1. The van der Waals surface area contributed by atoms with Gasteiger partial charge in [0, 0.05) is 25.9 Å². The Morgan fingerprint density at radius 2 is 2.08 bits per heavy atom. The van der Waals surface area contributed by atoms with Gasteiger partial charge >= 0.3 is 0 Å². The van der Waals surface area contributed by atoms with E-state index in [-0.39, 0.29) is 11.4 Å². The fraction of sp³-hybridized carbons (Fsp3) is 1.00. The van der Waals surface area contributed by atoms with Crippen molar-refractivity contribution in [2.45, 2.75) is 43.7 Å². The maximum atomic E-state index is 5.95. The van der Waals surface area contributed by atoms with E-state index in [2.05, 4.69) is 0 Å². The molecule has 3 saturated heterocycles. The summed E-state index contributed by atoms with van der Waals surface area (Å²) in [4.78, 5) is 0. The Labute approximate surface area is 72.0 Å². The zero-order chi connectivity index (χ0) is 8.23. The summed E-state index contributed by atoms with van der Waals surface area (Å²) in [6.07, 6.45) is 3.27. The van der Waals surface area contributed by atoms with Crippen LogP contribution in [0.15, 0.2) is 0 Å². The molecule has 0 aromatic rings. The highest BCUT2D eigenvalue weighted by atomic mass is 16.7. The highest BCUT2D eigenvalue weighted by molar-refractivity contribution is 5.04. The fourth-order valence-corrected chi connectivity index (χ4v) is 2.72. The summed E-state index contributed by atoms with van der Waals surface area (Å²) in [5.41, 5.74) is 0.0208. The number of hydrogen-bond acceptors (Lipinski definition) is 3. The molecule has 0 aromatic heterocycles. The quantitative estimate of drug-likeness (QED) is 0.544. The van der Waals surface area contributed by atoms with Crippen molar-refractivity contribution >= 4 is 0 Å². The van der Waals surface area contributed by atoms with E-state index in [9.17, 15) is 0 Å². The second-order valence-electron chi connectivity index (χ2n) is 4.21. The molecule has 3 heterocycles. The molecule has 0 radical (unpaired) electrons. The Kier molecular flexibility index (Phi) is 1.23. The Morgan fingerprint density at radius 3 is 3.00 bits per heavy atom. The molecule has 3 heteroatoms. The number of fused-ring (bicyclic) bond motifs is 1. The minimum Gasteiger partial charge on any atom is -0.375 e. The first-order chi connectivity index (χ1) is 5.73. The van der Waals surface area contributed by atoms with Gasteiger partial charge in [-0.2, -0.15) is 0 Å². The van der Waals surface area contributed by atoms with E-state index in [1.165, 1.54) is 0 Å². The topological polar surface area (TPSA) is 27.7 Å². The van der Waals surface area contributed by atoms with Gasteiger partial charge in [-0.3, -0.25) is 0 Å². The largest absolute Gasteiger partial charge is 0.375 e. The van der Waals surface area contributed by atoms with Gasteiger partial charge < -0.3 is 14.2 Å². The summed E-state index contributed by atoms with van der Waals surface area (Å²) in [5.74, 6) is -0.344. The lowest BCUT2D eigenvalue weighted by Crippen LogP contribution is -2.43. The Balaban J connectivity index is 1.97. The molecule has 0 unspecified atom stereocenters. The van der Waals surface area contributed by atoms with Gasteiger partial charge in [0.25, 0.3) is 0 Å². The normalized spacial score (nSPS) is 57.2. The van der Waals surface area contributed by atoms with Crippen LogP contribution in [0.1, 0.15) is 26.2 Å². The van der Waals surface area contributed by atoms with E-state index in [1.54, 1.807) is 0 Å². The summed E-state index contributed by atoms with van der Waals surface area (Å²) in [5, 5.41) is 0. The summed E-state index contributed by atoms with van der Waals surface area (Å²) >= 11 is 0. The van der Waals surface area contributed by atoms with Crippen LogP contribution in [-0.2, 0) is 14.2 Å². The van der Waals surface area contributed by atoms with Crippen LogP contribution in [0.2, 0.25) is 0 Å². The van der Waals surface area contributed by atoms with E-state index < -0.39 is 0 Å². The monoisotopic (exact) mass is 170 g/mol. The van der Waals surface area contributed by atoms with E-state index in [4.69, 9.17) is 14.2 Å². The average molecular weight is 170 g/mol. The highest BCUT2D eigenvalue weighted by Crippen LogP contribution is 2.50. The Morgan fingerprint density at radius 1 is 1.25 bits per heavy atom. The van der Waals surface area contributed by atoms with Crippen molar-refractivity contribution in [1.29, 1.82) is 0 Å². The zero-order valence-corrected chi connectivity index (χ0v) is 7.34. The van der Waals surface area contributed by atoms with Crippen LogP contribution >= 0.6 is 0 Å². The highest BCUT2D eigenvalue weighted by Gasteiger charge is 2.60. The molecule has 1 spiro atoms. The second kappa shape index (κ2) is 2.03. The van der Waals surface area contributed by atoms with Gasteiger partial charge in [0.1, 0.15) is 5.60 Å². The van der Waals surface area contributed by atoms with Crippen LogP contribution < -0.4 is 0 Å². The van der Waals surface area contributed by atoms with Crippen LogP contribution in [0.3, 0.4) is 0 Å². The molecule has 3 fully saturated rings. The molecule has 0 aliphatic carbocycles. The van der Waals surface area contributed by atoms with Crippen molar-refractivity contribution in [1.82, 2.24) is 0 Å². The number of rotatable bonds is 0. The first-order valence-electron chi connectivity index (χ1n) is 4.68. The van der Waals surface area contributed by atoms with Gasteiger partial charge in [-0.25, -0.2) is 0 Å². The van der Waals surface area contributed by atoms with E-state index >= 15 is 0 Å². The van der Waals surface area contributed by atoms with Crippen LogP contribution in [0.5, 0.6) is 0 Å². The zero-order valence-electron chi connectivity index (χ0n) is 7.34. The Hall–Kier alpha value is -0.120. The molecule has 12 heavy (non-hydrogen) atoms. The lowest BCUT2D eigenvalue weighted by atomic mass is 9.93. The predicted octanol–water partition coefficient (Wildman–Crippen LogP) is 1.07. The van der Waals surface area contributed by atoms with Crippen molar-refractivity contribution in [3.05, 3.63) is 0 Å². The summed E-state index contributed by atoms with van der Waals surface area (Å²) in [6, 6.07) is 0. The third-order valence-corrected chi connectivity index (χ3v) is 3.34. The summed E-state index contributed by atoms with van der Waals surface area (Å²) in [7, 11) is 0. The van der Waals surface area contributed by atoms with Gasteiger partial charge in [-0.15, -0.1) is 0 Å². The summed E-state index contributed by atoms with van der Waals surface area (Å²) in [6.45, 7) is 3.71. The lowest BCUT2D eigenvalue weighted by Gasteiger charge is -2.36. The third-order valence-electron chi connectivity index (χ3n) is 3.34. The van der Waals surface area contributed by atoms with Gasteiger partial charge in [-0.1, -0.05) is 0 Å². The van der Waals surface area contributed by atoms with Gasteiger partial charge in [-0.05, 0) is 6.92 Å². The van der Waals surface area contributed by atoms with Gasteiger partial charge in [0.05, 0.1) is 12.7 Å². The SMILES string of the molecule is C[C@]12C[C@H]3OCC[C@@]3(CCO1)O2. The van der Waals surface area contributed by atoms with Crippen LogP contribution in [-0.4, -0.2) is 30.7 Å². The molecule has 0 saturated carbocycles. The first kappa shape index (κ1) is 7.30. The minimum absolute atomic E-state index is 0.0208. The number of ether oxygens (including phenoxy) is 3. The lowest BCUT2D eigenvalue weighted by molar-refractivity contribution is -0.279. The third kappa shape index (κ3) is 0.767. The molecule has 68 valence electrons. The Bertz CT molecular complexity index is 218. The van der Waals surface area contributed by atoms with Crippen molar-refractivity contribution in [3.8, 4) is 0 Å². The van der Waals surface area contributed by atoms with Gasteiger partial charge in [0.2, 0.25) is 0 Å². The molecule has 0 amide bonds. The predicted molar refractivity (Wildman–Crippen MR) is 41.8 cm³/mol. The van der Waals surface area contributed by atoms with Crippen LogP contribution in [0.4, 0.5) is 0 Å². The maximum absolute atomic E-state index is 5.95. The average Bonchev–Trinajstić information content (AvgIpc) is 2.39. The van der Waals surface area contributed by atoms with Crippen LogP contribution in [0, 0.1) is 0 Å².